The summed E-state index contributed by atoms with van der Waals surface area (Å²) in [5.74, 6) is -0.148. The fraction of sp³-hybridized carbons (Fsp3) is 0.760. The van der Waals surface area contributed by atoms with Gasteiger partial charge in [-0.3, -0.25) is 0 Å². The number of rotatable bonds is 7. The summed E-state index contributed by atoms with van der Waals surface area (Å²) in [5.41, 5.74) is 0. The highest BCUT2D eigenvalue weighted by molar-refractivity contribution is 7.93. The maximum atomic E-state index is 13.7. The predicted octanol–water partition coefficient (Wildman–Crippen LogP) is 5.35. The van der Waals surface area contributed by atoms with Crippen molar-refractivity contribution in [3.63, 3.8) is 0 Å². The van der Waals surface area contributed by atoms with E-state index in [1.54, 1.807) is 30.3 Å². The first kappa shape index (κ1) is 28.0. The molecule has 1 aromatic rings. The van der Waals surface area contributed by atoms with E-state index in [4.69, 9.17) is 13.6 Å². The van der Waals surface area contributed by atoms with Gasteiger partial charge in [0.15, 0.2) is 16.6 Å². The second-order valence-corrected chi connectivity index (χ2v) is 24.7. The average molecular weight is 529 g/mol. The molecule has 0 aromatic heterocycles. The molecule has 34 heavy (non-hydrogen) atoms. The van der Waals surface area contributed by atoms with Crippen LogP contribution in [0.25, 0.3) is 0 Å². The van der Waals surface area contributed by atoms with Gasteiger partial charge in [0.05, 0.1) is 11.0 Å². The number of aliphatic hydroxyl groups is 1. The molecule has 0 amide bonds. The predicted molar refractivity (Wildman–Crippen MR) is 141 cm³/mol. The molecule has 5 atom stereocenters. The maximum Gasteiger partial charge on any atom is 0.228 e. The number of hydrogen-bond donors (Lipinski definition) is 1. The lowest BCUT2D eigenvalue weighted by molar-refractivity contribution is -0.0498. The van der Waals surface area contributed by atoms with Crippen molar-refractivity contribution in [2.75, 3.05) is 6.61 Å². The molecule has 0 radical (unpaired) electrons. The summed E-state index contributed by atoms with van der Waals surface area (Å²) in [6, 6.07) is 8.28. The Balaban J connectivity index is 1.96. The van der Waals surface area contributed by atoms with Crippen LogP contribution in [0.15, 0.2) is 35.2 Å². The molecule has 0 unspecified atom stereocenters. The first-order chi connectivity index (χ1) is 15.3. The Morgan fingerprint density at radius 2 is 1.53 bits per heavy atom. The van der Waals surface area contributed by atoms with Crippen molar-refractivity contribution in [1.82, 2.24) is 0 Å². The number of sulfone groups is 1. The van der Waals surface area contributed by atoms with Crippen LogP contribution < -0.4 is 0 Å². The Labute approximate surface area is 208 Å². The first-order valence-corrected chi connectivity index (χ1v) is 19.6. The Morgan fingerprint density at radius 1 is 1.00 bits per heavy atom. The molecular weight excluding hydrogens is 485 g/mol. The fourth-order valence-corrected chi connectivity index (χ4v) is 8.55. The molecule has 2 aliphatic rings. The summed E-state index contributed by atoms with van der Waals surface area (Å²) in [6.45, 7) is 22.1. The van der Waals surface area contributed by atoms with Crippen LogP contribution in [0.1, 0.15) is 48.0 Å². The first-order valence-electron chi connectivity index (χ1n) is 12.3. The van der Waals surface area contributed by atoms with Crippen molar-refractivity contribution >= 4 is 26.5 Å². The molecule has 6 nitrogen and oxygen atoms in total. The van der Waals surface area contributed by atoms with Gasteiger partial charge in [-0.25, -0.2) is 8.42 Å². The van der Waals surface area contributed by atoms with E-state index in [-0.39, 0.29) is 20.9 Å². The molecule has 1 saturated heterocycles. The SMILES string of the molecule is CC(C)(C)[Si](C)(C)OC[C@H]1C[C@@H]2O[C@]2(S(=O)(=O)c2ccccc2)[C@@H](O)[C@@H]1O[Si](C)(C)C(C)(C)C. The van der Waals surface area contributed by atoms with E-state index in [9.17, 15) is 13.5 Å². The van der Waals surface area contributed by atoms with Gasteiger partial charge in [-0.05, 0) is 54.8 Å². The molecule has 9 heteroatoms. The molecule has 1 N–H and O–H groups in total. The zero-order valence-corrected chi connectivity index (χ0v) is 25.3. The van der Waals surface area contributed by atoms with E-state index in [1.165, 1.54) is 0 Å². The molecular formula is C25H44O6SSi2. The van der Waals surface area contributed by atoms with Crippen molar-refractivity contribution < 1.29 is 27.1 Å². The Hall–Kier alpha value is -0.556. The van der Waals surface area contributed by atoms with Crippen LogP contribution in [0.4, 0.5) is 0 Å². The molecule has 1 aliphatic carbocycles. The van der Waals surface area contributed by atoms with Crippen LogP contribution in [0, 0.1) is 5.92 Å². The highest BCUT2D eigenvalue weighted by Gasteiger charge is 2.76. The quantitative estimate of drug-likeness (QED) is 0.379. The van der Waals surface area contributed by atoms with E-state index in [0.29, 0.717) is 13.0 Å². The van der Waals surface area contributed by atoms with Crippen molar-refractivity contribution in [2.24, 2.45) is 5.92 Å². The van der Waals surface area contributed by atoms with Gasteiger partial charge in [-0.1, -0.05) is 59.7 Å². The average Bonchev–Trinajstić information content (AvgIpc) is 3.44. The van der Waals surface area contributed by atoms with E-state index in [2.05, 4.69) is 67.7 Å². The molecule has 3 rings (SSSR count). The molecule has 1 aromatic carbocycles. The molecule has 0 spiro atoms. The van der Waals surface area contributed by atoms with Crippen LogP contribution in [-0.4, -0.2) is 60.0 Å². The van der Waals surface area contributed by atoms with E-state index in [0.717, 1.165) is 0 Å². The highest BCUT2D eigenvalue weighted by atomic mass is 32.2. The standard InChI is InChI=1S/C25H44O6SSi2/c1-23(2,3)33(7,8)29-17-18-16-20-25(30-20,32(27,28)19-14-12-11-13-15-19)22(26)21(18)31-34(9,10)24(4,5)6/h11-15,18,20-22,26H,16-17H2,1-10H3/t18-,20+,21-,22+,25-/m1/s1. The van der Waals surface area contributed by atoms with Gasteiger partial charge in [0.2, 0.25) is 14.8 Å². The third-order valence-corrected chi connectivity index (χ3v) is 19.9. The van der Waals surface area contributed by atoms with Gasteiger partial charge < -0.3 is 18.7 Å². The number of hydrogen-bond acceptors (Lipinski definition) is 6. The fourth-order valence-electron chi connectivity index (χ4n) is 4.11. The molecule has 2 fully saturated rings. The van der Waals surface area contributed by atoms with Crippen LogP contribution in [0.2, 0.25) is 36.3 Å². The molecule has 1 saturated carbocycles. The van der Waals surface area contributed by atoms with Gasteiger partial charge in [-0.15, -0.1) is 0 Å². The Morgan fingerprint density at radius 3 is 2.03 bits per heavy atom. The van der Waals surface area contributed by atoms with Crippen molar-refractivity contribution in [1.29, 1.82) is 0 Å². The lowest BCUT2D eigenvalue weighted by Gasteiger charge is -2.46. The summed E-state index contributed by atoms with van der Waals surface area (Å²) in [7, 11) is -8.28. The number of benzene rings is 1. The third kappa shape index (κ3) is 4.74. The normalized spacial score (nSPS) is 30.7. The van der Waals surface area contributed by atoms with Crippen molar-refractivity contribution in [3.05, 3.63) is 30.3 Å². The number of aliphatic hydroxyl groups excluding tert-OH is 1. The van der Waals surface area contributed by atoms with Crippen LogP contribution >= 0.6 is 0 Å². The smallest absolute Gasteiger partial charge is 0.228 e. The number of ether oxygens (including phenoxy) is 1. The van der Waals surface area contributed by atoms with Gasteiger partial charge >= 0.3 is 0 Å². The van der Waals surface area contributed by atoms with Gasteiger partial charge in [-0.2, -0.15) is 0 Å². The third-order valence-electron chi connectivity index (χ3n) is 8.60. The van der Waals surface area contributed by atoms with E-state index in [1.807, 2.05) is 0 Å². The summed E-state index contributed by atoms with van der Waals surface area (Å²) in [6.07, 6.45) is -2.06. The van der Waals surface area contributed by atoms with E-state index >= 15 is 0 Å². The maximum absolute atomic E-state index is 13.7. The van der Waals surface area contributed by atoms with Gasteiger partial charge in [0.25, 0.3) is 0 Å². The van der Waals surface area contributed by atoms with E-state index < -0.39 is 49.7 Å². The number of epoxide rings is 1. The Kier molecular flexibility index (Phi) is 7.24. The minimum Gasteiger partial charge on any atom is -0.416 e. The zero-order chi connectivity index (χ0) is 26.0. The van der Waals surface area contributed by atoms with Crippen LogP contribution in [0.5, 0.6) is 0 Å². The van der Waals surface area contributed by atoms with Gasteiger partial charge in [0.1, 0.15) is 12.2 Å². The largest absolute Gasteiger partial charge is 0.416 e. The lowest BCUT2D eigenvalue weighted by atomic mass is 9.85. The summed E-state index contributed by atoms with van der Waals surface area (Å²) in [4.78, 5) is -1.49. The lowest BCUT2D eigenvalue weighted by Crippen LogP contribution is -2.59. The summed E-state index contributed by atoms with van der Waals surface area (Å²) >= 11 is 0. The highest BCUT2D eigenvalue weighted by Crippen LogP contribution is 2.57. The van der Waals surface area contributed by atoms with Crippen molar-refractivity contribution in [2.45, 2.75) is 112 Å². The zero-order valence-electron chi connectivity index (χ0n) is 22.5. The van der Waals surface area contributed by atoms with Crippen LogP contribution in [-0.2, 0) is 23.4 Å². The number of fused-ring (bicyclic) bond motifs is 1. The molecule has 1 heterocycles. The molecule has 194 valence electrons. The summed E-state index contributed by atoms with van der Waals surface area (Å²) < 4.78 is 46.5. The topological polar surface area (TPSA) is 85.4 Å². The minimum atomic E-state index is -3.92. The second kappa shape index (κ2) is 8.78. The minimum absolute atomic E-state index is 0.0482. The second-order valence-electron chi connectivity index (χ2n) is 13.0. The van der Waals surface area contributed by atoms with Crippen molar-refractivity contribution in [3.8, 4) is 0 Å². The Bertz CT molecular complexity index is 981. The summed E-state index contributed by atoms with van der Waals surface area (Å²) in [5, 5.41) is 11.6. The monoisotopic (exact) mass is 528 g/mol. The van der Waals surface area contributed by atoms with Crippen LogP contribution in [0.3, 0.4) is 0 Å². The molecule has 1 aliphatic heterocycles. The van der Waals surface area contributed by atoms with Gasteiger partial charge in [0, 0.05) is 12.5 Å². The molecule has 0 bridgehead atoms.